The predicted molar refractivity (Wildman–Crippen MR) is 104 cm³/mol. The quantitative estimate of drug-likeness (QED) is 0.710. The fourth-order valence-corrected chi connectivity index (χ4v) is 3.10. The molecule has 0 aliphatic carbocycles. The van der Waals surface area contributed by atoms with Gasteiger partial charge in [0.1, 0.15) is 6.04 Å². The third-order valence-corrected chi connectivity index (χ3v) is 4.38. The molecule has 0 N–H and O–H groups in total. The van der Waals surface area contributed by atoms with Crippen LogP contribution in [0.1, 0.15) is 22.9 Å². The Balaban J connectivity index is 1.82. The van der Waals surface area contributed by atoms with Crippen molar-refractivity contribution in [2.45, 2.75) is 19.5 Å². The lowest BCUT2D eigenvalue weighted by molar-refractivity contribution is -0.135. The van der Waals surface area contributed by atoms with Gasteiger partial charge in [0.25, 0.3) is 0 Å². The molecule has 1 amide bonds. The molecule has 0 fully saturated rings. The van der Waals surface area contributed by atoms with Crippen molar-refractivity contribution in [1.29, 1.82) is 0 Å². The number of hydrogen-bond acceptors (Lipinski definition) is 4. The van der Waals surface area contributed by atoms with Gasteiger partial charge in [-0.05, 0) is 38.7 Å². The fraction of sp³-hybridized carbons (Fsp3) is 0.286. The topological polar surface area (TPSA) is 49.3 Å². The molecule has 1 heterocycles. The Morgan fingerprint density at radius 2 is 1.77 bits per heavy atom. The van der Waals surface area contributed by atoms with Gasteiger partial charge < -0.3 is 4.90 Å². The van der Waals surface area contributed by atoms with E-state index in [2.05, 4.69) is 16.0 Å². The normalized spacial score (nSPS) is 12.3. The van der Waals surface area contributed by atoms with Crippen LogP contribution in [0.2, 0.25) is 0 Å². The summed E-state index contributed by atoms with van der Waals surface area (Å²) in [6.07, 6.45) is 1.74. The minimum atomic E-state index is -0.326. The monoisotopic (exact) mass is 348 g/mol. The highest BCUT2D eigenvalue weighted by molar-refractivity contribution is 5.83. The van der Waals surface area contributed by atoms with Gasteiger partial charge in [-0.25, -0.2) is 4.98 Å². The van der Waals surface area contributed by atoms with E-state index >= 15 is 0 Å². The second-order valence-electron chi connectivity index (χ2n) is 6.82. The van der Waals surface area contributed by atoms with Gasteiger partial charge in [0.05, 0.1) is 29.5 Å². The number of fused-ring (bicyclic) bond motifs is 1. The van der Waals surface area contributed by atoms with Gasteiger partial charge in [-0.15, -0.1) is 0 Å². The molecule has 1 atom stereocenters. The molecule has 5 heteroatoms. The molecule has 26 heavy (non-hydrogen) atoms. The van der Waals surface area contributed by atoms with Crippen molar-refractivity contribution in [1.82, 2.24) is 19.8 Å². The molecule has 134 valence electrons. The summed E-state index contributed by atoms with van der Waals surface area (Å²) in [6.45, 7) is 2.46. The Kier molecular flexibility index (Phi) is 5.28. The molecule has 5 nitrogen and oxygen atoms in total. The number of benzene rings is 2. The average Bonchev–Trinajstić information content (AvgIpc) is 2.61. The number of carbonyl (C=O) groups is 1. The largest absolute Gasteiger partial charge is 0.338 e. The minimum absolute atomic E-state index is 0.0376. The Labute approximate surface area is 154 Å². The number of hydrogen-bond donors (Lipinski definition) is 0. The highest BCUT2D eigenvalue weighted by Crippen LogP contribution is 2.22. The summed E-state index contributed by atoms with van der Waals surface area (Å²) in [6, 6.07) is 15.5. The molecule has 1 aromatic heterocycles. The molecule has 1 unspecified atom stereocenters. The molecule has 0 spiro atoms. The molecule has 0 aliphatic rings. The van der Waals surface area contributed by atoms with Crippen molar-refractivity contribution in [2.24, 2.45) is 0 Å². The summed E-state index contributed by atoms with van der Waals surface area (Å²) in [7, 11) is 5.66. The van der Waals surface area contributed by atoms with Gasteiger partial charge in [0.15, 0.2) is 0 Å². The maximum Gasteiger partial charge on any atom is 0.244 e. The van der Waals surface area contributed by atoms with Crippen LogP contribution in [0.3, 0.4) is 0 Å². The van der Waals surface area contributed by atoms with Gasteiger partial charge in [-0.1, -0.05) is 42.0 Å². The minimum Gasteiger partial charge on any atom is -0.338 e. The van der Waals surface area contributed by atoms with Crippen LogP contribution in [0.25, 0.3) is 11.0 Å². The van der Waals surface area contributed by atoms with E-state index in [1.54, 1.807) is 11.1 Å². The van der Waals surface area contributed by atoms with E-state index in [4.69, 9.17) is 0 Å². The van der Waals surface area contributed by atoms with Crippen molar-refractivity contribution in [3.63, 3.8) is 0 Å². The first-order chi connectivity index (χ1) is 12.5. The zero-order valence-corrected chi connectivity index (χ0v) is 15.7. The molecule has 0 radical (unpaired) electrons. The number of amides is 1. The van der Waals surface area contributed by atoms with E-state index in [0.29, 0.717) is 6.54 Å². The Morgan fingerprint density at radius 3 is 2.46 bits per heavy atom. The highest BCUT2D eigenvalue weighted by Gasteiger charge is 2.26. The summed E-state index contributed by atoms with van der Waals surface area (Å²) >= 11 is 0. The van der Waals surface area contributed by atoms with Crippen molar-refractivity contribution in [2.75, 3.05) is 21.1 Å². The van der Waals surface area contributed by atoms with Gasteiger partial charge in [0, 0.05) is 7.05 Å². The second kappa shape index (κ2) is 7.62. The number of para-hydroxylation sites is 2. The summed E-state index contributed by atoms with van der Waals surface area (Å²) < 4.78 is 0. The first kappa shape index (κ1) is 18.0. The number of aromatic nitrogens is 2. The third-order valence-electron chi connectivity index (χ3n) is 4.38. The summed E-state index contributed by atoms with van der Waals surface area (Å²) in [4.78, 5) is 25.8. The standard InChI is InChI=1S/C21H24N4O/c1-15-8-7-9-16(12-15)20(24(2)3)21(26)25(4)14-17-13-22-18-10-5-6-11-19(18)23-17/h5-13,20H,14H2,1-4H3. The Hall–Kier alpha value is -2.79. The van der Waals surface area contributed by atoms with E-state index < -0.39 is 0 Å². The van der Waals surface area contributed by atoms with Crippen LogP contribution < -0.4 is 0 Å². The molecule has 3 rings (SSSR count). The van der Waals surface area contributed by atoms with E-state index in [-0.39, 0.29) is 11.9 Å². The molecule has 0 saturated carbocycles. The van der Waals surface area contributed by atoms with E-state index in [9.17, 15) is 4.79 Å². The number of likely N-dealkylation sites (N-methyl/N-ethyl adjacent to an activating group) is 2. The number of rotatable bonds is 5. The van der Waals surface area contributed by atoms with Crippen LogP contribution in [-0.2, 0) is 11.3 Å². The van der Waals surface area contributed by atoms with Crippen molar-refractivity contribution in [3.8, 4) is 0 Å². The van der Waals surface area contributed by atoms with Crippen LogP contribution in [0, 0.1) is 6.92 Å². The molecule has 0 aliphatic heterocycles. The molecule has 0 bridgehead atoms. The van der Waals surface area contributed by atoms with Crippen LogP contribution >= 0.6 is 0 Å². The third kappa shape index (κ3) is 3.89. The summed E-state index contributed by atoms with van der Waals surface area (Å²) in [5.74, 6) is 0.0376. The Morgan fingerprint density at radius 1 is 1.04 bits per heavy atom. The van der Waals surface area contributed by atoms with E-state index in [1.807, 2.05) is 75.4 Å². The lowest BCUT2D eigenvalue weighted by atomic mass is 10.0. The van der Waals surface area contributed by atoms with Crippen LogP contribution in [-0.4, -0.2) is 46.8 Å². The lowest BCUT2D eigenvalue weighted by Gasteiger charge is -2.28. The molecular formula is C21H24N4O. The zero-order chi connectivity index (χ0) is 18.7. The highest BCUT2D eigenvalue weighted by atomic mass is 16.2. The molecular weight excluding hydrogens is 324 g/mol. The number of carbonyl (C=O) groups excluding carboxylic acids is 1. The van der Waals surface area contributed by atoms with Crippen LogP contribution in [0.5, 0.6) is 0 Å². The first-order valence-electron chi connectivity index (χ1n) is 8.64. The maximum absolute atomic E-state index is 13.1. The van der Waals surface area contributed by atoms with Crippen LogP contribution in [0.15, 0.2) is 54.7 Å². The van der Waals surface area contributed by atoms with Gasteiger partial charge in [0.2, 0.25) is 5.91 Å². The maximum atomic E-state index is 13.1. The number of nitrogens with zero attached hydrogens (tertiary/aromatic N) is 4. The van der Waals surface area contributed by atoms with Crippen LogP contribution in [0.4, 0.5) is 0 Å². The van der Waals surface area contributed by atoms with Gasteiger partial charge in [-0.3, -0.25) is 14.7 Å². The zero-order valence-electron chi connectivity index (χ0n) is 15.7. The Bertz CT molecular complexity index is 923. The fourth-order valence-electron chi connectivity index (χ4n) is 3.10. The SMILES string of the molecule is Cc1cccc(C(C(=O)N(C)Cc2cnc3ccccc3n2)N(C)C)c1. The smallest absolute Gasteiger partial charge is 0.244 e. The summed E-state index contributed by atoms with van der Waals surface area (Å²) in [5.41, 5.74) is 4.62. The lowest BCUT2D eigenvalue weighted by Crippen LogP contribution is -2.38. The van der Waals surface area contributed by atoms with Crippen molar-refractivity contribution < 1.29 is 4.79 Å². The molecule has 2 aromatic carbocycles. The molecule has 0 saturated heterocycles. The second-order valence-corrected chi connectivity index (χ2v) is 6.82. The first-order valence-corrected chi connectivity index (χ1v) is 8.64. The summed E-state index contributed by atoms with van der Waals surface area (Å²) in [5, 5.41) is 0. The number of aryl methyl sites for hydroxylation is 1. The average molecular weight is 348 g/mol. The van der Waals surface area contributed by atoms with Crippen molar-refractivity contribution in [3.05, 3.63) is 71.5 Å². The van der Waals surface area contributed by atoms with Crippen molar-refractivity contribution >= 4 is 16.9 Å². The van der Waals surface area contributed by atoms with Gasteiger partial charge in [-0.2, -0.15) is 0 Å². The van der Waals surface area contributed by atoms with Gasteiger partial charge >= 0.3 is 0 Å². The van der Waals surface area contributed by atoms with E-state index in [0.717, 1.165) is 27.9 Å². The van der Waals surface area contributed by atoms with E-state index in [1.165, 1.54) is 0 Å². The molecule has 3 aromatic rings. The predicted octanol–water partition coefficient (Wildman–Crippen LogP) is 3.20.